The summed E-state index contributed by atoms with van der Waals surface area (Å²) in [4.78, 5) is 34.8. The maximum Gasteiger partial charge on any atom is 0.357 e. The van der Waals surface area contributed by atoms with Crippen LogP contribution in [0.5, 0.6) is 0 Å². The number of likely N-dealkylation sites (N-methyl/N-ethyl adjacent to an activating group) is 1. The minimum atomic E-state index is -1.71. The smallest absolute Gasteiger partial charge is 0.357 e. The second-order valence-electron chi connectivity index (χ2n) is 7.45. The summed E-state index contributed by atoms with van der Waals surface area (Å²) in [6.45, 7) is 2.29. The van der Waals surface area contributed by atoms with Crippen LogP contribution in [0.25, 0.3) is 22.3 Å². The Morgan fingerprint density at radius 1 is 1.28 bits per heavy atom. The van der Waals surface area contributed by atoms with Crippen LogP contribution < -0.4 is 0 Å². The lowest BCUT2D eigenvalue weighted by Crippen LogP contribution is -2.37. The van der Waals surface area contributed by atoms with Crippen molar-refractivity contribution in [2.45, 2.75) is 18.9 Å². The number of benzene rings is 2. The highest BCUT2D eigenvalue weighted by molar-refractivity contribution is 6.02. The monoisotopic (exact) mass is 433 g/mol. The summed E-state index contributed by atoms with van der Waals surface area (Å²) in [6, 6.07) is 10.7. The number of hydrogen-bond donors (Lipinski definition) is 1. The summed E-state index contributed by atoms with van der Waals surface area (Å²) in [5.41, 5.74) is -0.339. The summed E-state index contributed by atoms with van der Waals surface area (Å²) in [6.07, 6.45) is 0.233. The minimum Gasteiger partial charge on any atom is -0.461 e. The van der Waals surface area contributed by atoms with Crippen LogP contribution in [0.1, 0.15) is 29.4 Å². The molecule has 1 aromatic heterocycles. The van der Waals surface area contributed by atoms with Crippen molar-refractivity contribution in [1.29, 1.82) is 0 Å². The number of aliphatic hydroxyl groups is 1. The van der Waals surface area contributed by atoms with E-state index >= 15 is 0 Å². The SMILES string of the molecule is CCOC(=O)c1nc(-c2cccc(C#C[C@]3(O)CCN(C)C3=O)c2)nc2cc(F)ccc12. The molecule has 1 aliphatic heterocycles. The molecule has 2 aromatic carbocycles. The summed E-state index contributed by atoms with van der Waals surface area (Å²) < 4.78 is 18.9. The molecular formula is C24H20FN3O4. The molecule has 7 nitrogen and oxygen atoms in total. The lowest BCUT2D eigenvalue weighted by atomic mass is 10.0. The van der Waals surface area contributed by atoms with E-state index in [0.29, 0.717) is 23.1 Å². The Morgan fingerprint density at radius 3 is 2.81 bits per heavy atom. The zero-order chi connectivity index (χ0) is 22.9. The van der Waals surface area contributed by atoms with Gasteiger partial charge in [0.15, 0.2) is 11.5 Å². The molecule has 3 aromatic rings. The molecule has 1 aliphatic rings. The molecule has 0 aliphatic carbocycles. The van der Waals surface area contributed by atoms with Gasteiger partial charge in [-0.05, 0) is 31.2 Å². The second-order valence-corrected chi connectivity index (χ2v) is 7.45. The first-order valence-electron chi connectivity index (χ1n) is 10.1. The first-order valence-corrected chi connectivity index (χ1v) is 10.1. The second kappa shape index (κ2) is 8.36. The zero-order valence-corrected chi connectivity index (χ0v) is 17.6. The van der Waals surface area contributed by atoms with Crippen LogP contribution in [0.3, 0.4) is 0 Å². The lowest BCUT2D eigenvalue weighted by molar-refractivity contribution is -0.137. The van der Waals surface area contributed by atoms with Crippen molar-refractivity contribution in [2.24, 2.45) is 0 Å². The first-order chi connectivity index (χ1) is 15.3. The van der Waals surface area contributed by atoms with E-state index in [-0.39, 0.29) is 30.1 Å². The zero-order valence-electron chi connectivity index (χ0n) is 17.6. The summed E-state index contributed by atoms with van der Waals surface area (Å²) in [5, 5.41) is 10.9. The van der Waals surface area contributed by atoms with E-state index in [1.807, 2.05) is 0 Å². The van der Waals surface area contributed by atoms with E-state index in [1.54, 1.807) is 38.2 Å². The third kappa shape index (κ3) is 4.03. The van der Waals surface area contributed by atoms with Crippen LogP contribution in [-0.4, -0.2) is 57.7 Å². The van der Waals surface area contributed by atoms with Gasteiger partial charge in [0.1, 0.15) is 5.82 Å². The van der Waals surface area contributed by atoms with Crippen molar-refractivity contribution in [3.05, 3.63) is 59.5 Å². The average molecular weight is 433 g/mol. The van der Waals surface area contributed by atoms with Gasteiger partial charge in [0.05, 0.1) is 12.1 Å². The third-order valence-corrected chi connectivity index (χ3v) is 5.17. The number of amides is 1. The van der Waals surface area contributed by atoms with Gasteiger partial charge in [-0.3, -0.25) is 4.79 Å². The van der Waals surface area contributed by atoms with E-state index in [4.69, 9.17) is 4.74 Å². The number of rotatable bonds is 3. The Morgan fingerprint density at radius 2 is 2.09 bits per heavy atom. The highest BCUT2D eigenvalue weighted by Gasteiger charge is 2.42. The third-order valence-electron chi connectivity index (χ3n) is 5.17. The number of carbonyl (C=O) groups excluding carboxylic acids is 2. The number of esters is 1. The van der Waals surface area contributed by atoms with Gasteiger partial charge in [-0.1, -0.05) is 24.0 Å². The fourth-order valence-electron chi connectivity index (χ4n) is 3.47. The topological polar surface area (TPSA) is 92.6 Å². The van der Waals surface area contributed by atoms with Gasteiger partial charge in [0.25, 0.3) is 5.91 Å². The Bertz CT molecular complexity index is 1300. The number of hydrogen-bond acceptors (Lipinski definition) is 6. The largest absolute Gasteiger partial charge is 0.461 e. The number of nitrogens with zero attached hydrogens (tertiary/aromatic N) is 3. The molecule has 1 fully saturated rings. The fraction of sp³-hybridized carbons (Fsp3) is 0.250. The Labute approximate surface area is 183 Å². The molecule has 0 unspecified atom stereocenters. The molecule has 1 atom stereocenters. The van der Waals surface area contributed by atoms with Crippen molar-refractivity contribution < 1.29 is 23.8 Å². The van der Waals surface area contributed by atoms with Crippen molar-refractivity contribution in [1.82, 2.24) is 14.9 Å². The van der Waals surface area contributed by atoms with Gasteiger partial charge in [-0.2, -0.15) is 0 Å². The molecule has 32 heavy (non-hydrogen) atoms. The van der Waals surface area contributed by atoms with Crippen LogP contribution in [0, 0.1) is 17.7 Å². The Balaban J connectivity index is 1.76. The number of ether oxygens (including phenoxy) is 1. The summed E-state index contributed by atoms with van der Waals surface area (Å²) in [7, 11) is 1.61. The normalized spacial score (nSPS) is 17.9. The van der Waals surface area contributed by atoms with Crippen LogP contribution in [0.15, 0.2) is 42.5 Å². The number of fused-ring (bicyclic) bond motifs is 1. The quantitative estimate of drug-likeness (QED) is 0.504. The molecule has 1 amide bonds. The standard InChI is InChI=1S/C24H20FN3O4/c1-3-32-22(29)20-18-8-7-17(25)14-19(18)26-21(27-20)16-6-4-5-15(13-16)9-10-24(31)11-12-28(2)23(24)30/h4-8,13-14,31H,3,11-12H2,1-2H3/t24-/m0/s1. The number of carbonyl (C=O) groups is 2. The number of likely N-dealkylation sites (tertiary alicyclic amines) is 1. The molecule has 8 heteroatoms. The highest BCUT2D eigenvalue weighted by atomic mass is 19.1. The van der Waals surface area contributed by atoms with Crippen LogP contribution in [0.2, 0.25) is 0 Å². The maximum absolute atomic E-state index is 13.8. The van der Waals surface area contributed by atoms with Crippen molar-refractivity contribution >= 4 is 22.8 Å². The molecule has 0 radical (unpaired) electrons. The van der Waals surface area contributed by atoms with Gasteiger partial charge in [-0.15, -0.1) is 0 Å². The predicted molar refractivity (Wildman–Crippen MR) is 115 cm³/mol. The van der Waals surface area contributed by atoms with Crippen molar-refractivity contribution in [2.75, 3.05) is 20.2 Å². The van der Waals surface area contributed by atoms with E-state index < -0.39 is 23.3 Å². The summed E-state index contributed by atoms with van der Waals surface area (Å²) >= 11 is 0. The summed E-state index contributed by atoms with van der Waals surface area (Å²) in [5.74, 6) is 4.15. The van der Waals surface area contributed by atoms with Gasteiger partial charge in [0, 0.05) is 42.6 Å². The van der Waals surface area contributed by atoms with Gasteiger partial charge in [-0.25, -0.2) is 19.2 Å². The number of halogens is 1. The van der Waals surface area contributed by atoms with Crippen molar-refractivity contribution in [3.63, 3.8) is 0 Å². The molecule has 4 rings (SSSR count). The molecule has 0 bridgehead atoms. The fourth-order valence-corrected chi connectivity index (χ4v) is 3.47. The van der Waals surface area contributed by atoms with E-state index in [9.17, 15) is 19.1 Å². The van der Waals surface area contributed by atoms with Gasteiger partial charge >= 0.3 is 5.97 Å². The van der Waals surface area contributed by atoms with E-state index in [1.165, 1.54) is 23.1 Å². The predicted octanol–water partition coefficient (Wildman–Crippen LogP) is 2.56. The van der Waals surface area contributed by atoms with Crippen LogP contribution >= 0.6 is 0 Å². The first kappa shape index (κ1) is 21.4. The lowest BCUT2D eigenvalue weighted by Gasteiger charge is -2.13. The highest BCUT2D eigenvalue weighted by Crippen LogP contribution is 2.25. The average Bonchev–Trinajstić information content (AvgIpc) is 3.05. The molecule has 1 saturated heterocycles. The molecule has 1 N–H and O–H groups in total. The van der Waals surface area contributed by atoms with Crippen LogP contribution in [-0.2, 0) is 9.53 Å². The minimum absolute atomic E-state index is 0.0391. The molecule has 0 spiro atoms. The van der Waals surface area contributed by atoms with E-state index in [0.717, 1.165) is 0 Å². The van der Waals surface area contributed by atoms with E-state index in [2.05, 4.69) is 21.8 Å². The molecule has 2 heterocycles. The number of aromatic nitrogens is 2. The van der Waals surface area contributed by atoms with Crippen molar-refractivity contribution in [3.8, 4) is 23.2 Å². The molecule has 162 valence electrons. The van der Waals surface area contributed by atoms with Crippen LogP contribution in [0.4, 0.5) is 4.39 Å². The Hall–Kier alpha value is -3.83. The maximum atomic E-state index is 13.8. The molecular weight excluding hydrogens is 413 g/mol. The molecule has 0 saturated carbocycles. The van der Waals surface area contributed by atoms with Gasteiger partial charge in [0.2, 0.25) is 5.60 Å². The Kier molecular flexibility index (Phi) is 5.59. The van der Waals surface area contributed by atoms with Gasteiger partial charge < -0.3 is 14.7 Å².